The Kier molecular flexibility index (Phi) is 4.24. The number of nitrogens with zero attached hydrogens (tertiary/aromatic N) is 3. The summed E-state index contributed by atoms with van der Waals surface area (Å²) in [7, 11) is 0. The van der Waals surface area contributed by atoms with Crippen molar-refractivity contribution < 1.29 is 8.78 Å². The molecule has 0 fully saturated rings. The summed E-state index contributed by atoms with van der Waals surface area (Å²) < 4.78 is 27.5. The van der Waals surface area contributed by atoms with Gasteiger partial charge in [0, 0.05) is 22.9 Å². The first-order valence-electron chi connectivity index (χ1n) is 8.14. The van der Waals surface area contributed by atoms with Crippen molar-refractivity contribution in [2.45, 2.75) is 13.8 Å². The molecule has 0 saturated heterocycles. The van der Waals surface area contributed by atoms with E-state index in [2.05, 4.69) is 25.5 Å². The number of aromatic nitrogens is 4. The van der Waals surface area contributed by atoms with Crippen LogP contribution in [0.2, 0.25) is 5.02 Å². The van der Waals surface area contributed by atoms with Gasteiger partial charge in [0.05, 0.1) is 10.4 Å². The second kappa shape index (κ2) is 6.59. The molecule has 0 amide bonds. The maximum Gasteiger partial charge on any atom is 0.163 e. The molecule has 0 radical (unpaired) electrons. The number of aryl methyl sites for hydroxylation is 1. The van der Waals surface area contributed by atoms with Crippen LogP contribution in [0.3, 0.4) is 0 Å². The molecular formula is C19H14ClF2N5. The Hall–Kier alpha value is -3.06. The van der Waals surface area contributed by atoms with Crippen LogP contribution in [0.25, 0.3) is 22.3 Å². The van der Waals surface area contributed by atoms with E-state index in [4.69, 9.17) is 11.6 Å². The van der Waals surface area contributed by atoms with Crippen molar-refractivity contribution >= 4 is 34.1 Å². The first-order valence-corrected chi connectivity index (χ1v) is 8.52. The highest BCUT2D eigenvalue weighted by Crippen LogP contribution is 2.31. The Labute approximate surface area is 158 Å². The minimum Gasteiger partial charge on any atom is -0.323 e. The third-order valence-electron chi connectivity index (χ3n) is 4.33. The number of nitrogens with one attached hydrogen (secondary N) is 2. The molecule has 0 saturated carbocycles. The Morgan fingerprint density at radius 2 is 1.81 bits per heavy atom. The van der Waals surface area contributed by atoms with Crippen molar-refractivity contribution in [2.24, 2.45) is 0 Å². The minimum atomic E-state index is -0.710. The molecule has 136 valence electrons. The lowest BCUT2D eigenvalue weighted by Gasteiger charge is -2.12. The first kappa shape index (κ1) is 17.4. The van der Waals surface area contributed by atoms with Gasteiger partial charge in [0.15, 0.2) is 17.5 Å². The van der Waals surface area contributed by atoms with Gasteiger partial charge in [-0.1, -0.05) is 23.7 Å². The largest absolute Gasteiger partial charge is 0.323 e. The Morgan fingerprint density at radius 1 is 1.04 bits per heavy atom. The van der Waals surface area contributed by atoms with Crippen molar-refractivity contribution in [2.75, 3.05) is 5.32 Å². The van der Waals surface area contributed by atoms with Gasteiger partial charge in [-0.2, -0.15) is 5.10 Å². The highest BCUT2D eigenvalue weighted by atomic mass is 35.5. The van der Waals surface area contributed by atoms with Crippen LogP contribution < -0.4 is 5.32 Å². The van der Waals surface area contributed by atoms with E-state index in [-0.39, 0.29) is 11.3 Å². The van der Waals surface area contributed by atoms with Crippen molar-refractivity contribution in [3.05, 3.63) is 64.3 Å². The summed E-state index contributed by atoms with van der Waals surface area (Å²) in [5.41, 5.74) is 2.35. The predicted octanol–water partition coefficient (Wildman–Crippen LogP) is 5.31. The van der Waals surface area contributed by atoms with Gasteiger partial charge in [-0.3, -0.25) is 5.10 Å². The summed E-state index contributed by atoms with van der Waals surface area (Å²) in [4.78, 5) is 9.04. The topological polar surface area (TPSA) is 66.5 Å². The zero-order chi connectivity index (χ0) is 19.1. The number of H-pyrrole nitrogens is 1. The third kappa shape index (κ3) is 3.10. The second-order valence-corrected chi connectivity index (χ2v) is 6.50. The van der Waals surface area contributed by atoms with Gasteiger partial charge in [0.25, 0.3) is 0 Å². The summed E-state index contributed by atoms with van der Waals surface area (Å²) >= 11 is 6.26. The number of hydrogen-bond donors (Lipinski definition) is 2. The lowest BCUT2D eigenvalue weighted by atomic mass is 10.1. The molecule has 8 heteroatoms. The van der Waals surface area contributed by atoms with Crippen LogP contribution in [0.5, 0.6) is 0 Å². The quantitative estimate of drug-likeness (QED) is 0.501. The maximum atomic E-state index is 13.9. The van der Waals surface area contributed by atoms with E-state index in [0.29, 0.717) is 27.6 Å². The van der Waals surface area contributed by atoms with Crippen LogP contribution in [-0.2, 0) is 0 Å². The third-order valence-corrected chi connectivity index (χ3v) is 4.66. The van der Waals surface area contributed by atoms with Crippen molar-refractivity contribution in [3.63, 3.8) is 0 Å². The molecule has 5 nitrogen and oxygen atoms in total. The van der Waals surface area contributed by atoms with Gasteiger partial charge in [-0.15, -0.1) is 0 Å². The summed E-state index contributed by atoms with van der Waals surface area (Å²) in [5, 5.41) is 10.5. The summed E-state index contributed by atoms with van der Waals surface area (Å²) in [6.07, 6.45) is 0. The van der Waals surface area contributed by atoms with Gasteiger partial charge in [-0.05, 0) is 32.0 Å². The highest BCUT2D eigenvalue weighted by molar-refractivity contribution is 6.33. The standard InChI is InChI=1S/C19H14ClF2N5/c1-9-10(2)23-18(12-5-3-4-6-14(12)20)24-17(9)25-19-13-7-11(21)8-15(22)16(13)26-27-19/h3-8H,1-2H3,(H2,23,24,25,26,27). The number of fused-ring (bicyclic) bond motifs is 1. The zero-order valence-corrected chi connectivity index (χ0v) is 15.2. The lowest BCUT2D eigenvalue weighted by molar-refractivity contribution is 0.590. The van der Waals surface area contributed by atoms with Crippen LogP contribution in [0.4, 0.5) is 20.4 Å². The number of rotatable bonds is 3. The lowest BCUT2D eigenvalue weighted by Crippen LogP contribution is -2.04. The molecule has 4 aromatic rings. The monoisotopic (exact) mass is 385 g/mol. The predicted molar refractivity (Wildman–Crippen MR) is 101 cm³/mol. The van der Waals surface area contributed by atoms with E-state index in [0.717, 1.165) is 17.3 Å². The summed E-state index contributed by atoms with van der Waals surface area (Å²) in [6.45, 7) is 3.70. The van der Waals surface area contributed by atoms with Gasteiger partial charge in [0.1, 0.15) is 17.2 Å². The molecular weight excluding hydrogens is 372 g/mol. The van der Waals surface area contributed by atoms with Crippen LogP contribution in [0.15, 0.2) is 36.4 Å². The molecule has 0 unspecified atom stereocenters. The molecule has 0 aliphatic carbocycles. The number of aromatic amines is 1. The van der Waals surface area contributed by atoms with Crippen molar-refractivity contribution in [1.82, 2.24) is 20.2 Å². The summed E-state index contributed by atoms with van der Waals surface area (Å²) in [5.74, 6) is -0.191. The second-order valence-electron chi connectivity index (χ2n) is 6.09. The number of benzene rings is 2. The Bertz CT molecular complexity index is 1170. The van der Waals surface area contributed by atoms with Crippen molar-refractivity contribution in [1.29, 1.82) is 0 Å². The molecule has 0 aliphatic heterocycles. The fourth-order valence-corrected chi connectivity index (χ4v) is 2.99. The van der Waals surface area contributed by atoms with Crippen LogP contribution in [0, 0.1) is 25.5 Å². The van der Waals surface area contributed by atoms with E-state index in [1.807, 2.05) is 32.0 Å². The number of anilines is 2. The Balaban J connectivity index is 1.82. The van der Waals surface area contributed by atoms with E-state index < -0.39 is 11.6 Å². The molecule has 0 spiro atoms. The fourth-order valence-electron chi connectivity index (χ4n) is 2.77. The molecule has 0 atom stereocenters. The molecule has 0 aliphatic rings. The summed E-state index contributed by atoms with van der Waals surface area (Å²) in [6, 6.07) is 9.27. The first-order chi connectivity index (χ1) is 12.9. The molecule has 0 bridgehead atoms. The van der Waals surface area contributed by atoms with Crippen LogP contribution >= 0.6 is 11.6 Å². The molecule has 2 N–H and O–H groups in total. The van der Waals surface area contributed by atoms with Gasteiger partial charge < -0.3 is 5.32 Å². The SMILES string of the molecule is Cc1nc(-c2ccccc2Cl)nc(Nc2n[nH]c3c(F)cc(F)cc23)c1C. The van der Waals surface area contributed by atoms with Crippen LogP contribution in [0.1, 0.15) is 11.3 Å². The minimum absolute atomic E-state index is 0.119. The maximum absolute atomic E-state index is 13.9. The molecule has 2 aromatic carbocycles. The fraction of sp³-hybridized carbons (Fsp3) is 0.105. The molecule has 27 heavy (non-hydrogen) atoms. The van der Waals surface area contributed by atoms with Crippen molar-refractivity contribution in [3.8, 4) is 11.4 Å². The average Bonchev–Trinajstić information content (AvgIpc) is 3.02. The normalized spacial score (nSPS) is 11.1. The number of halogens is 3. The highest BCUT2D eigenvalue weighted by Gasteiger charge is 2.16. The van der Waals surface area contributed by atoms with Crippen LogP contribution in [-0.4, -0.2) is 20.2 Å². The van der Waals surface area contributed by atoms with E-state index in [9.17, 15) is 8.78 Å². The average molecular weight is 386 g/mol. The molecule has 2 heterocycles. The molecule has 4 rings (SSSR count). The van der Waals surface area contributed by atoms with E-state index in [1.165, 1.54) is 6.07 Å². The smallest absolute Gasteiger partial charge is 0.163 e. The van der Waals surface area contributed by atoms with E-state index in [1.54, 1.807) is 6.07 Å². The van der Waals surface area contributed by atoms with Gasteiger partial charge in [0.2, 0.25) is 0 Å². The van der Waals surface area contributed by atoms with Gasteiger partial charge >= 0.3 is 0 Å². The van der Waals surface area contributed by atoms with E-state index >= 15 is 0 Å². The van der Waals surface area contributed by atoms with Gasteiger partial charge in [-0.25, -0.2) is 18.7 Å². The zero-order valence-electron chi connectivity index (χ0n) is 14.4. The molecule has 2 aromatic heterocycles. The number of hydrogen-bond acceptors (Lipinski definition) is 4. The Morgan fingerprint density at radius 3 is 2.59 bits per heavy atom.